The molecule has 0 atom stereocenters. The fraction of sp³-hybridized carbons (Fsp3) is 0.818. The molecule has 1 fully saturated rings. The number of nitrogens with one attached hydrogen (secondary N) is 1. The number of piperazine rings is 1. The van der Waals surface area contributed by atoms with Gasteiger partial charge in [0.1, 0.15) is 0 Å². The number of alkyl halides is 1. The summed E-state index contributed by atoms with van der Waals surface area (Å²) >= 11 is 3.27. The molecular weight excluding hydrogens is 286 g/mol. The first-order chi connectivity index (χ1) is 8.17. The van der Waals surface area contributed by atoms with E-state index < -0.39 is 0 Å². The van der Waals surface area contributed by atoms with E-state index in [1.165, 1.54) is 0 Å². The smallest absolute Gasteiger partial charge is 0.234 e. The summed E-state index contributed by atoms with van der Waals surface area (Å²) in [5.74, 6) is 0.257. The Morgan fingerprint density at radius 3 is 2.41 bits per heavy atom. The first kappa shape index (κ1) is 14.4. The van der Waals surface area contributed by atoms with E-state index in [1.54, 1.807) is 0 Å². The molecule has 17 heavy (non-hydrogen) atoms. The Morgan fingerprint density at radius 2 is 1.88 bits per heavy atom. The van der Waals surface area contributed by atoms with Gasteiger partial charge in [-0.3, -0.25) is 14.5 Å². The van der Waals surface area contributed by atoms with Gasteiger partial charge < -0.3 is 10.2 Å². The van der Waals surface area contributed by atoms with Crippen LogP contribution in [0.3, 0.4) is 0 Å². The first-order valence-corrected chi connectivity index (χ1v) is 7.12. The highest BCUT2D eigenvalue weighted by Gasteiger charge is 2.21. The molecule has 0 spiro atoms. The van der Waals surface area contributed by atoms with Crippen molar-refractivity contribution in [1.29, 1.82) is 0 Å². The molecule has 0 bridgehead atoms. The van der Waals surface area contributed by atoms with Crippen molar-refractivity contribution in [3.8, 4) is 0 Å². The predicted octanol–water partition coefficient (Wildman–Crippen LogP) is 0.0517. The van der Waals surface area contributed by atoms with Crippen molar-refractivity contribution < 1.29 is 9.59 Å². The topological polar surface area (TPSA) is 52.7 Å². The quantitative estimate of drug-likeness (QED) is 0.731. The van der Waals surface area contributed by atoms with Gasteiger partial charge in [0.05, 0.1) is 6.54 Å². The zero-order valence-corrected chi connectivity index (χ0v) is 11.8. The van der Waals surface area contributed by atoms with E-state index in [-0.39, 0.29) is 11.8 Å². The molecule has 98 valence electrons. The lowest BCUT2D eigenvalue weighted by atomic mass is 10.3. The van der Waals surface area contributed by atoms with Gasteiger partial charge in [-0.05, 0) is 6.92 Å². The van der Waals surface area contributed by atoms with Crippen molar-refractivity contribution in [1.82, 2.24) is 15.1 Å². The number of rotatable bonds is 5. The highest BCUT2D eigenvalue weighted by molar-refractivity contribution is 9.09. The van der Waals surface area contributed by atoms with Gasteiger partial charge in [0.15, 0.2) is 0 Å². The third-order valence-electron chi connectivity index (χ3n) is 2.77. The Balaban J connectivity index is 2.26. The van der Waals surface area contributed by atoms with Crippen molar-refractivity contribution >= 4 is 27.7 Å². The Kier molecular flexibility index (Phi) is 6.50. The lowest BCUT2D eigenvalue weighted by Crippen LogP contribution is -2.51. The Hall–Kier alpha value is -0.620. The van der Waals surface area contributed by atoms with Crippen LogP contribution in [0.15, 0.2) is 0 Å². The lowest BCUT2D eigenvalue weighted by Gasteiger charge is -2.34. The maximum Gasteiger partial charge on any atom is 0.234 e. The minimum Gasteiger partial charge on any atom is -0.355 e. The van der Waals surface area contributed by atoms with Crippen molar-refractivity contribution in [2.45, 2.75) is 13.3 Å². The molecule has 0 radical (unpaired) electrons. The van der Waals surface area contributed by atoms with Crippen molar-refractivity contribution in [2.24, 2.45) is 0 Å². The molecule has 1 heterocycles. The van der Waals surface area contributed by atoms with Gasteiger partial charge in [0.25, 0.3) is 0 Å². The minimum absolute atomic E-state index is 0.0627. The first-order valence-electron chi connectivity index (χ1n) is 6.00. The predicted molar refractivity (Wildman–Crippen MR) is 70.1 cm³/mol. The maximum atomic E-state index is 11.6. The number of nitrogens with zero attached hydrogens (tertiary/aromatic N) is 2. The summed E-state index contributed by atoms with van der Waals surface area (Å²) in [7, 11) is 0. The van der Waals surface area contributed by atoms with Crippen LogP contribution in [-0.2, 0) is 9.59 Å². The number of amides is 2. The second-order valence-corrected chi connectivity index (χ2v) is 4.84. The molecule has 0 aromatic carbocycles. The van der Waals surface area contributed by atoms with Crippen LogP contribution in [0.1, 0.15) is 13.3 Å². The summed E-state index contributed by atoms with van der Waals surface area (Å²) in [6.45, 7) is 6.04. The minimum atomic E-state index is 0.0627. The summed E-state index contributed by atoms with van der Waals surface area (Å²) in [6, 6.07) is 0. The van der Waals surface area contributed by atoms with E-state index in [0.717, 1.165) is 26.2 Å². The van der Waals surface area contributed by atoms with E-state index >= 15 is 0 Å². The summed E-state index contributed by atoms with van der Waals surface area (Å²) in [4.78, 5) is 27.0. The Morgan fingerprint density at radius 1 is 1.24 bits per heavy atom. The standard InChI is InChI=1S/C11H20BrN3O2/c1-2-13-10(16)9-14-5-7-15(8-6-14)11(17)3-4-12/h2-9H2,1H3,(H,13,16). The monoisotopic (exact) mass is 305 g/mol. The van der Waals surface area contributed by atoms with Crippen molar-refractivity contribution in [3.63, 3.8) is 0 Å². The number of halogens is 1. The van der Waals surface area contributed by atoms with E-state index in [4.69, 9.17) is 0 Å². The van der Waals surface area contributed by atoms with E-state index in [9.17, 15) is 9.59 Å². The summed E-state index contributed by atoms with van der Waals surface area (Å²) in [5.41, 5.74) is 0. The zero-order chi connectivity index (χ0) is 12.7. The number of carbonyl (C=O) groups excluding carboxylic acids is 2. The van der Waals surface area contributed by atoms with Crippen LogP contribution in [0.4, 0.5) is 0 Å². The Labute approximate surface area is 111 Å². The van der Waals surface area contributed by atoms with Crippen molar-refractivity contribution in [3.05, 3.63) is 0 Å². The fourth-order valence-corrected chi connectivity index (χ4v) is 2.19. The van der Waals surface area contributed by atoms with Crippen LogP contribution >= 0.6 is 15.9 Å². The SMILES string of the molecule is CCNC(=O)CN1CCN(C(=O)CCBr)CC1. The number of hydrogen-bond donors (Lipinski definition) is 1. The summed E-state index contributed by atoms with van der Waals surface area (Å²) < 4.78 is 0. The van der Waals surface area contributed by atoms with Gasteiger partial charge in [-0.2, -0.15) is 0 Å². The average Bonchev–Trinajstić information content (AvgIpc) is 2.30. The van der Waals surface area contributed by atoms with Gasteiger partial charge >= 0.3 is 0 Å². The molecule has 1 rings (SSSR count). The van der Waals surface area contributed by atoms with Crippen LogP contribution in [0, 0.1) is 0 Å². The molecule has 1 saturated heterocycles. The molecule has 6 heteroatoms. The van der Waals surface area contributed by atoms with Crippen LogP contribution in [-0.4, -0.2) is 66.2 Å². The van der Waals surface area contributed by atoms with Crippen LogP contribution in [0.25, 0.3) is 0 Å². The van der Waals surface area contributed by atoms with Gasteiger partial charge in [0.2, 0.25) is 11.8 Å². The number of carbonyl (C=O) groups is 2. The molecule has 1 N–H and O–H groups in total. The van der Waals surface area contributed by atoms with E-state index in [1.807, 2.05) is 11.8 Å². The third kappa shape index (κ3) is 5.04. The normalized spacial score (nSPS) is 16.9. The Bertz CT molecular complexity index is 265. The molecule has 0 unspecified atom stereocenters. The molecule has 0 aromatic rings. The number of likely N-dealkylation sites (N-methyl/N-ethyl adjacent to an activating group) is 1. The second kappa shape index (κ2) is 7.66. The molecule has 1 aliphatic heterocycles. The molecule has 0 aromatic heterocycles. The molecular formula is C11H20BrN3O2. The van der Waals surface area contributed by atoms with Crippen LogP contribution in [0.2, 0.25) is 0 Å². The molecule has 2 amide bonds. The molecule has 0 aliphatic carbocycles. The highest BCUT2D eigenvalue weighted by Crippen LogP contribution is 2.04. The third-order valence-corrected chi connectivity index (χ3v) is 3.17. The molecule has 5 nitrogen and oxygen atoms in total. The summed E-state index contributed by atoms with van der Waals surface area (Å²) in [6.07, 6.45) is 0.552. The average molecular weight is 306 g/mol. The van der Waals surface area contributed by atoms with Gasteiger partial charge in [-0.25, -0.2) is 0 Å². The second-order valence-electron chi connectivity index (χ2n) is 4.05. The zero-order valence-electron chi connectivity index (χ0n) is 10.2. The molecule has 1 aliphatic rings. The lowest BCUT2D eigenvalue weighted by molar-refractivity contribution is -0.132. The van der Waals surface area contributed by atoms with E-state index in [2.05, 4.69) is 26.1 Å². The van der Waals surface area contributed by atoms with Gasteiger partial charge in [-0.1, -0.05) is 15.9 Å². The molecule has 0 saturated carbocycles. The summed E-state index contributed by atoms with van der Waals surface area (Å²) in [5, 5.41) is 3.49. The van der Waals surface area contributed by atoms with Crippen molar-refractivity contribution in [2.75, 3.05) is 44.6 Å². The fourth-order valence-electron chi connectivity index (χ4n) is 1.85. The van der Waals surface area contributed by atoms with Crippen LogP contribution in [0.5, 0.6) is 0 Å². The van der Waals surface area contributed by atoms with Gasteiger partial charge in [-0.15, -0.1) is 0 Å². The number of hydrogen-bond acceptors (Lipinski definition) is 3. The van der Waals surface area contributed by atoms with Gasteiger partial charge in [0, 0.05) is 44.5 Å². The largest absolute Gasteiger partial charge is 0.355 e. The van der Waals surface area contributed by atoms with Crippen LogP contribution < -0.4 is 5.32 Å². The van der Waals surface area contributed by atoms with E-state index in [0.29, 0.717) is 24.8 Å². The highest BCUT2D eigenvalue weighted by atomic mass is 79.9. The maximum absolute atomic E-state index is 11.6.